The van der Waals surface area contributed by atoms with Crippen LogP contribution in [0.15, 0.2) is 41.4 Å². The molecule has 3 N–H and O–H groups in total. The lowest BCUT2D eigenvalue weighted by Gasteiger charge is -2.16. The molecule has 7 heteroatoms. The van der Waals surface area contributed by atoms with Crippen molar-refractivity contribution in [1.29, 1.82) is 0 Å². The smallest absolute Gasteiger partial charge is 0.333 e. The van der Waals surface area contributed by atoms with E-state index in [9.17, 15) is 13.2 Å². The van der Waals surface area contributed by atoms with E-state index >= 15 is 0 Å². The van der Waals surface area contributed by atoms with E-state index in [1.54, 1.807) is 12.3 Å². The molecule has 28 heavy (non-hydrogen) atoms. The van der Waals surface area contributed by atoms with Crippen molar-refractivity contribution in [3.63, 3.8) is 0 Å². The predicted octanol–water partition coefficient (Wildman–Crippen LogP) is 3.66. The van der Waals surface area contributed by atoms with Gasteiger partial charge in [0.25, 0.3) is 10.0 Å². The topological polar surface area (TPSA) is 91.1 Å². The molecule has 2 aliphatic carbocycles. The van der Waals surface area contributed by atoms with Gasteiger partial charge in [0.05, 0.1) is 4.90 Å². The first kappa shape index (κ1) is 17.3. The van der Waals surface area contributed by atoms with Gasteiger partial charge < -0.3 is 10.3 Å². The number of hydrogen-bond acceptors (Lipinski definition) is 3. The van der Waals surface area contributed by atoms with E-state index in [0.29, 0.717) is 5.52 Å². The molecule has 1 aromatic heterocycles. The molecule has 0 radical (unpaired) electrons. The Hall–Kier alpha value is -2.80. The number of sulfonamides is 1. The van der Waals surface area contributed by atoms with Crippen LogP contribution in [0.2, 0.25) is 0 Å². The number of benzene rings is 2. The molecule has 0 bridgehead atoms. The Morgan fingerprint density at radius 1 is 0.929 bits per heavy atom. The number of urea groups is 1. The Kier molecular flexibility index (Phi) is 3.94. The van der Waals surface area contributed by atoms with Gasteiger partial charge in [-0.25, -0.2) is 17.9 Å². The summed E-state index contributed by atoms with van der Waals surface area (Å²) in [6, 6.07) is 8.18. The fraction of sp³-hybridized carbons (Fsp3) is 0.286. The van der Waals surface area contributed by atoms with E-state index in [1.807, 2.05) is 6.07 Å². The van der Waals surface area contributed by atoms with E-state index in [0.717, 1.165) is 49.6 Å². The highest BCUT2D eigenvalue weighted by Crippen LogP contribution is 2.38. The first-order chi connectivity index (χ1) is 13.5. The summed E-state index contributed by atoms with van der Waals surface area (Å²) in [4.78, 5) is 15.7. The fourth-order valence-corrected chi connectivity index (χ4v) is 5.41. The van der Waals surface area contributed by atoms with Gasteiger partial charge in [-0.15, -0.1) is 0 Å². The molecule has 0 atom stereocenters. The van der Waals surface area contributed by atoms with E-state index < -0.39 is 16.1 Å². The maximum absolute atomic E-state index is 12.7. The molecule has 3 aromatic rings. The van der Waals surface area contributed by atoms with E-state index in [2.05, 4.69) is 21.1 Å². The van der Waals surface area contributed by atoms with Gasteiger partial charge in [-0.3, -0.25) is 0 Å². The molecule has 144 valence electrons. The van der Waals surface area contributed by atoms with Crippen LogP contribution >= 0.6 is 0 Å². The van der Waals surface area contributed by atoms with Crippen molar-refractivity contribution in [3.8, 4) is 0 Å². The normalized spacial score (nSPS) is 15.4. The minimum atomic E-state index is -3.96. The molecule has 2 aromatic carbocycles. The van der Waals surface area contributed by atoms with E-state index in [4.69, 9.17) is 0 Å². The third-order valence-electron chi connectivity index (χ3n) is 5.78. The number of nitrogens with one attached hydrogen (secondary N) is 3. The lowest BCUT2D eigenvalue weighted by Crippen LogP contribution is -2.35. The molecule has 0 aliphatic heterocycles. The third-order valence-corrected chi connectivity index (χ3v) is 7.10. The van der Waals surface area contributed by atoms with Crippen molar-refractivity contribution in [1.82, 2.24) is 9.71 Å². The molecule has 2 amide bonds. The number of aryl methyl sites for hydroxylation is 2. The zero-order valence-corrected chi connectivity index (χ0v) is 16.2. The van der Waals surface area contributed by atoms with E-state index in [1.165, 1.54) is 34.4 Å². The number of amides is 2. The number of anilines is 1. The van der Waals surface area contributed by atoms with Gasteiger partial charge in [0, 0.05) is 17.4 Å². The van der Waals surface area contributed by atoms with Crippen molar-refractivity contribution in [2.24, 2.45) is 0 Å². The maximum Gasteiger partial charge on any atom is 0.333 e. The Morgan fingerprint density at radius 2 is 1.64 bits per heavy atom. The number of H-pyrrole nitrogens is 1. The maximum atomic E-state index is 12.7. The SMILES string of the molecule is O=C(Nc1c2c(cc3c1CCC3)CCC2)NS(=O)(=O)c1ccc2cc[nH]c2c1. The van der Waals surface area contributed by atoms with Crippen LogP contribution in [0.3, 0.4) is 0 Å². The van der Waals surface area contributed by atoms with Gasteiger partial charge in [-0.2, -0.15) is 0 Å². The lowest BCUT2D eigenvalue weighted by molar-refractivity contribution is 0.256. The van der Waals surface area contributed by atoms with Crippen molar-refractivity contribution >= 4 is 32.6 Å². The van der Waals surface area contributed by atoms with Crippen molar-refractivity contribution in [3.05, 3.63) is 58.8 Å². The zero-order valence-electron chi connectivity index (χ0n) is 15.3. The first-order valence-electron chi connectivity index (χ1n) is 9.59. The molecule has 0 unspecified atom stereocenters. The number of hydrogen-bond donors (Lipinski definition) is 3. The lowest BCUT2D eigenvalue weighted by atomic mass is 9.99. The Bertz CT molecular complexity index is 1180. The summed E-state index contributed by atoms with van der Waals surface area (Å²) in [6.45, 7) is 0. The zero-order chi connectivity index (χ0) is 19.3. The fourth-order valence-electron chi connectivity index (χ4n) is 4.48. The van der Waals surface area contributed by atoms with Crippen LogP contribution in [0, 0.1) is 0 Å². The Labute approximate surface area is 163 Å². The minimum absolute atomic E-state index is 0.0566. The quantitative estimate of drug-likeness (QED) is 0.632. The summed E-state index contributed by atoms with van der Waals surface area (Å²) in [5.74, 6) is 0. The Morgan fingerprint density at radius 3 is 2.36 bits per heavy atom. The third kappa shape index (κ3) is 2.86. The van der Waals surface area contributed by atoms with Gasteiger partial charge >= 0.3 is 6.03 Å². The summed E-state index contributed by atoms with van der Waals surface area (Å²) in [5, 5.41) is 3.78. The number of aromatic amines is 1. The summed E-state index contributed by atoms with van der Waals surface area (Å²) in [5.41, 5.74) is 6.45. The number of fused-ring (bicyclic) bond motifs is 3. The van der Waals surface area contributed by atoms with E-state index in [-0.39, 0.29) is 4.90 Å². The average molecular weight is 395 g/mol. The van der Waals surface area contributed by atoms with Crippen LogP contribution in [0.4, 0.5) is 10.5 Å². The molecular formula is C21H21N3O3S. The summed E-state index contributed by atoms with van der Waals surface area (Å²) in [7, 11) is -3.96. The van der Waals surface area contributed by atoms with Crippen LogP contribution in [0.25, 0.3) is 10.9 Å². The molecule has 0 saturated heterocycles. The van der Waals surface area contributed by atoms with Gasteiger partial charge in [0.2, 0.25) is 0 Å². The molecular weight excluding hydrogens is 374 g/mol. The number of carbonyl (C=O) groups excluding carboxylic acids is 1. The molecule has 0 saturated carbocycles. The summed E-state index contributed by atoms with van der Waals surface area (Å²) in [6.07, 6.45) is 7.79. The van der Waals surface area contributed by atoms with Gasteiger partial charge in [-0.05, 0) is 84.4 Å². The highest BCUT2D eigenvalue weighted by Gasteiger charge is 2.26. The second-order valence-electron chi connectivity index (χ2n) is 7.52. The van der Waals surface area contributed by atoms with Crippen LogP contribution in [0.5, 0.6) is 0 Å². The Balaban J connectivity index is 1.42. The molecule has 1 heterocycles. The van der Waals surface area contributed by atoms with Crippen molar-refractivity contribution < 1.29 is 13.2 Å². The molecule has 5 rings (SSSR count). The monoisotopic (exact) mass is 395 g/mol. The van der Waals surface area contributed by atoms with Gasteiger partial charge in [-0.1, -0.05) is 12.1 Å². The first-order valence-corrected chi connectivity index (χ1v) is 11.1. The molecule has 6 nitrogen and oxygen atoms in total. The van der Waals surface area contributed by atoms with Crippen LogP contribution < -0.4 is 10.0 Å². The molecule has 2 aliphatic rings. The average Bonchev–Trinajstić information content (AvgIpc) is 3.40. The second kappa shape index (κ2) is 6.38. The number of aromatic nitrogens is 1. The van der Waals surface area contributed by atoms with Crippen molar-refractivity contribution in [2.75, 3.05) is 5.32 Å². The second-order valence-corrected chi connectivity index (χ2v) is 9.20. The highest BCUT2D eigenvalue weighted by molar-refractivity contribution is 7.90. The van der Waals surface area contributed by atoms with Gasteiger partial charge in [0.1, 0.15) is 0 Å². The highest BCUT2D eigenvalue weighted by atomic mass is 32.2. The van der Waals surface area contributed by atoms with Crippen LogP contribution in [-0.2, 0) is 35.7 Å². The standard InChI is InChI=1S/C21H21N3O3S/c25-21(24-28(26,27)16-8-7-13-9-10-22-19(13)12-16)23-20-17-5-1-3-14(17)11-15-4-2-6-18(15)20/h7-12,22H,1-6H2,(H2,23,24,25). The minimum Gasteiger partial charge on any atom is -0.361 e. The number of rotatable bonds is 3. The van der Waals surface area contributed by atoms with Crippen LogP contribution in [-0.4, -0.2) is 19.4 Å². The summed E-state index contributed by atoms with van der Waals surface area (Å²) >= 11 is 0. The largest absolute Gasteiger partial charge is 0.361 e. The van der Waals surface area contributed by atoms with Crippen LogP contribution in [0.1, 0.15) is 35.1 Å². The molecule has 0 spiro atoms. The predicted molar refractivity (Wildman–Crippen MR) is 108 cm³/mol. The summed E-state index contributed by atoms with van der Waals surface area (Å²) < 4.78 is 27.5. The van der Waals surface area contributed by atoms with Gasteiger partial charge in [0.15, 0.2) is 0 Å². The molecule has 0 fully saturated rings. The number of carbonyl (C=O) groups is 1. The van der Waals surface area contributed by atoms with Crippen molar-refractivity contribution in [2.45, 2.75) is 43.4 Å².